The smallest absolute Gasteiger partial charge is 0.189 e. The van der Waals surface area contributed by atoms with Gasteiger partial charge in [-0.15, -0.1) is 5.10 Å². The van der Waals surface area contributed by atoms with Crippen LogP contribution in [0.5, 0.6) is 5.75 Å². The molecule has 30 heavy (non-hydrogen) atoms. The van der Waals surface area contributed by atoms with E-state index in [1.165, 1.54) is 0 Å². The number of benzene rings is 2. The number of carbonyl (C=O) groups is 1. The van der Waals surface area contributed by atoms with E-state index in [9.17, 15) is 4.79 Å². The fourth-order valence-corrected chi connectivity index (χ4v) is 3.57. The van der Waals surface area contributed by atoms with Gasteiger partial charge in [0.15, 0.2) is 18.2 Å². The monoisotopic (exact) mass is 400 g/mol. The summed E-state index contributed by atoms with van der Waals surface area (Å²) in [5.41, 5.74) is 5.29. The van der Waals surface area contributed by atoms with Crippen LogP contribution in [-0.4, -0.2) is 27.2 Å². The number of hydrogen-bond donors (Lipinski definition) is 1. The minimum Gasteiger partial charge on any atom is -0.467 e. The van der Waals surface area contributed by atoms with Crippen LogP contribution < -0.4 is 10.1 Å². The molecular formula is C23H20N4O3. The number of carbonyl (C=O) groups excluding carboxylic acids is 1. The standard InChI is InChI=1S/C23H20N4O3/c1-15(28)16-4-2-5-17(10-16)20-12-25-23-9-8-22(26-27(20)23)24-11-18-6-3-7-21-19(18)13-29-14-30-21/h2-10,12H,11,13-14H2,1H3,(H,24,26). The molecule has 0 atom stereocenters. The van der Waals surface area contributed by atoms with Crippen molar-refractivity contribution in [2.75, 3.05) is 12.1 Å². The molecule has 1 aliphatic rings. The number of anilines is 1. The van der Waals surface area contributed by atoms with E-state index in [2.05, 4.69) is 16.4 Å². The molecule has 1 aliphatic heterocycles. The van der Waals surface area contributed by atoms with E-state index in [1.54, 1.807) is 17.6 Å². The molecule has 0 saturated heterocycles. The number of Topliss-reactive ketones (excluding diaryl/α,β-unsaturated/α-hetero) is 1. The van der Waals surface area contributed by atoms with Crippen molar-refractivity contribution in [2.45, 2.75) is 20.1 Å². The fraction of sp³-hybridized carbons (Fsp3) is 0.174. The van der Waals surface area contributed by atoms with E-state index in [-0.39, 0.29) is 12.6 Å². The molecule has 0 fully saturated rings. The van der Waals surface area contributed by atoms with E-state index >= 15 is 0 Å². The molecular weight excluding hydrogens is 380 g/mol. The molecule has 5 rings (SSSR count). The van der Waals surface area contributed by atoms with Gasteiger partial charge in [0, 0.05) is 23.2 Å². The van der Waals surface area contributed by atoms with Crippen LogP contribution in [0.1, 0.15) is 28.4 Å². The third kappa shape index (κ3) is 3.40. The summed E-state index contributed by atoms with van der Waals surface area (Å²) in [6.45, 7) is 2.98. The van der Waals surface area contributed by atoms with Gasteiger partial charge in [-0.2, -0.15) is 0 Å². The summed E-state index contributed by atoms with van der Waals surface area (Å²) in [4.78, 5) is 16.2. The van der Waals surface area contributed by atoms with Crippen LogP contribution in [0.15, 0.2) is 60.8 Å². The second-order valence-corrected chi connectivity index (χ2v) is 7.13. The lowest BCUT2D eigenvalue weighted by molar-refractivity contribution is -0.0168. The number of ketones is 1. The molecule has 7 nitrogen and oxygen atoms in total. The third-order valence-electron chi connectivity index (χ3n) is 5.16. The molecule has 0 radical (unpaired) electrons. The van der Waals surface area contributed by atoms with Crippen molar-refractivity contribution in [3.8, 4) is 17.0 Å². The summed E-state index contributed by atoms with van der Waals surface area (Å²) in [6, 6.07) is 17.3. The van der Waals surface area contributed by atoms with Crippen molar-refractivity contribution >= 4 is 17.2 Å². The van der Waals surface area contributed by atoms with Crippen LogP contribution in [-0.2, 0) is 17.9 Å². The number of rotatable bonds is 5. The molecule has 0 spiro atoms. The first-order valence-corrected chi connectivity index (χ1v) is 9.70. The van der Waals surface area contributed by atoms with Crippen molar-refractivity contribution < 1.29 is 14.3 Å². The first-order chi connectivity index (χ1) is 14.7. The maximum absolute atomic E-state index is 11.7. The zero-order valence-electron chi connectivity index (χ0n) is 16.5. The molecule has 0 unspecified atom stereocenters. The summed E-state index contributed by atoms with van der Waals surface area (Å²) in [5.74, 6) is 1.62. The lowest BCUT2D eigenvalue weighted by Crippen LogP contribution is -2.14. The zero-order chi connectivity index (χ0) is 20.5. The molecule has 0 aliphatic carbocycles. The number of nitrogens with one attached hydrogen (secondary N) is 1. The van der Waals surface area contributed by atoms with Crippen LogP contribution in [0, 0.1) is 0 Å². The van der Waals surface area contributed by atoms with Crippen molar-refractivity contribution in [1.29, 1.82) is 0 Å². The predicted octanol–water partition coefficient (Wildman–Crippen LogP) is 4.08. The van der Waals surface area contributed by atoms with E-state index in [0.29, 0.717) is 18.7 Å². The Morgan fingerprint density at radius 3 is 2.97 bits per heavy atom. The van der Waals surface area contributed by atoms with E-state index in [4.69, 9.17) is 14.6 Å². The minimum absolute atomic E-state index is 0.0279. The lowest BCUT2D eigenvalue weighted by atomic mass is 10.1. The van der Waals surface area contributed by atoms with Crippen molar-refractivity contribution in [1.82, 2.24) is 14.6 Å². The molecule has 2 aromatic heterocycles. The van der Waals surface area contributed by atoms with Crippen molar-refractivity contribution in [2.24, 2.45) is 0 Å². The van der Waals surface area contributed by atoms with Crippen LogP contribution in [0.25, 0.3) is 16.9 Å². The highest BCUT2D eigenvalue weighted by molar-refractivity contribution is 5.95. The van der Waals surface area contributed by atoms with Gasteiger partial charge in [0.25, 0.3) is 0 Å². The highest BCUT2D eigenvalue weighted by Crippen LogP contribution is 2.27. The van der Waals surface area contributed by atoms with Gasteiger partial charge < -0.3 is 14.8 Å². The Labute approximate surface area is 173 Å². The number of hydrogen-bond acceptors (Lipinski definition) is 6. The van der Waals surface area contributed by atoms with Gasteiger partial charge in [-0.3, -0.25) is 4.79 Å². The highest BCUT2D eigenvalue weighted by Gasteiger charge is 2.15. The Balaban J connectivity index is 1.44. The van der Waals surface area contributed by atoms with Gasteiger partial charge in [-0.05, 0) is 36.8 Å². The SMILES string of the molecule is CC(=O)c1cccc(-c2cnc3ccc(NCc4cccc5c4COCO5)nn23)c1. The fourth-order valence-electron chi connectivity index (χ4n) is 3.57. The Bertz CT molecular complexity index is 1250. The van der Waals surface area contributed by atoms with E-state index in [1.807, 2.05) is 48.5 Å². The number of fused-ring (bicyclic) bond motifs is 2. The summed E-state index contributed by atoms with van der Waals surface area (Å²) >= 11 is 0. The van der Waals surface area contributed by atoms with Gasteiger partial charge in [-0.25, -0.2) is 9.50 Å². The molecule has 0 bridgehead atoms. The summed E-state index contributed by atoms with van der Waals surface area (Å²) < 4.78 is 12.8. The van der Waals surface area contributed by atoms with Gasteiger partial charge >= 0.3 is 0 Å². The zero-order valence-corrected chi connectivity index (χ0v) is 16.5. The average Bonchev–Trinajstić information content (AvgIpc) is 3.21. The van der Waals surface area contributed by atoms with Gasteiger partial charge in [-0.1, -0.05) is 30.3 Å². The minimum atomic E-state index is 0.0279. The van der Waals surface area contributed by atoms with E-state index in [0.717, 1.165) is 39.6 Å². The molecule has 2 aromatic carbocycles. The van der Waals surface area contributed by atoms with Crippen LogP contribution in [0.3, 0.4) is 0 Å². The first-order valence-electron chi connectivity index (χ1n) is 9.70. The van der Waals surface area contributed by atoms with Crippen LogP contribution in [0.2, 0.25) is 0 Å². The maximum atomic E-state index is 11.7. The lowest BCUT2D eigenvalue weighted by Gasteiger charge is -2.20. The summed E-state index contributed by atoms with van der Waals surface area (Å²) in [6.07, 6.45) is 1.77. The van der Waals surface area contributed by atoms with Crippen molar-refractivity contribution in [3.63, 3.8) is 0 Å². The Kier molecular flexibility index (Phi) is 4.65. The number of aromatic nitrogens is 3. The predicted molar refractivity (Wildman–Crippen MR) is 112 cm³/mol. The number of nitrogens with zero attached hydrogens (tertiary/aromatic N) is 3. The molecule has 0 amide bonds. The molecule has 150 valence electrons. The number of imidazole rings is 1. The molecule has 0 saturated carbocycles. The van der Waals surface area contributed by atoms with E-state index < -0.39 is 0 Å². The Morgan fingerprint density at radius 2 is 2.07 bits per heavy atom. The number of ether oxygens (including phenoxy) is 2. The quantitative estimate of drug-likeness (QED) is 0.509. The average molecular weight is 400 g/mol. The summed E-state index contributed by atoms with van der Waals surface area (Å²) in [5, 5.41) is 8.09. The second kappa shape index (κ2) is 7.61. The highest BCUT2D eigenvalue weighted by atomic mass is 16.7. The maximum Gasteiger partial charge on any atom is 0.189 e. The Hall–Kier alpha value is -3.71. The van der Waals surface area contributed by atoms with Gasteiger partial charge in [0.1, 0.15) is 11.6 Å². The molecule has 4 aromatic rings. The molecule has 1 N–H and O–H groups in total. The molecule has 7 heteroatoms. The van der Waals surface area contributed by atoms with Gasteiger partial charge in [0.05, 0.1) is 18.5 Å². The molecule has 3 heterocycles. The van der Waals surface area contributed by atoms with Crippen LogP contribution >= 0.6 is 0 Å². The second-order valence-electron chi connectivity index (χ2n) is 7.13. The summed E-state index contributed by atoms with van der Waals surface area (Å²) in [7, 11) is 0. The van der Waals surface area contributed by atoms with Crippen molar-refractivity contribution in [3.05, 3.63) is 77.5 Å². The normalized spacial score (nSPS) is 13.0. The largest absolute Gasteiger partial charge is 0.467 e. The first kappa shape index (κ1) is 18.3. The Morgan fingerprint density at radius 1 is 1.17 bits per heavy atom. The third-order valence-corrected chi connectivity index (χ3v) is 5.16. The van der Waals surface area contributed by atoms with Crippen LogP contribution in [0.4, 0.5) is 5.82 Å². The van der Waals surface area contributed by atoms with Gasteiger partial charge in [0.2, 0.25) is 0 Å². The topological polar surface area (TPSA) is 77.8 Å².